The number of hydrogen-bond acceptors (Lipinski definition) is 9. The van der Waals surface area contributed by atoms with Gasteiger partial charge in [-0.15, -0.1) is 0 Å². The second kappa shape index (κ2) is 19.8. The number of aliphatic hydroxyl groups is 2. The van der Waals surface area contributed by atoms with Gasteiger partial charge < -0.3 is 33.6 Å². The minimum absolute atomic E-state index is 0.115. The van der Waals surface area contributed by atoms with E-state index < -0.39 is 26.7 Å². The molecule has 4 aromatic rings. The fourth-order valence-corrected chi connectivity index (χ4v) is 10.1. The minimum atomic E-state index is -4.04. The molecule has 2 saturated carbocycles. The van der Waals surface area contributed by atoms with Crippen molar-refractivity contribution in [2.45, 2.75) is 62.6 Å². The molecule has 4 aromatic carbocycles. The molecule has 0 spiro atoms. The Hall–Kier alpha value is -3.70. The average molecular weight is 825 g/mol. The SMILES string of the molecule is COc1cccc(C2(O)CCCCC2CN(C)P(=O)(O)Oc2ccccc2)c1.COc1cccc(C2(O)CCCCC2CN(C)P(=O)(OC)Oc2ccccc2)c1. The highest BCUT2D eigenvalue weighted by Crippen LogP contribution is 2.53. The Morgan fingerprint density at radius 1 is 0.596 bits per heavy atom. The molecule has 0 saturated heterocycles. The van der Waals surface area contributed by atoms with Crippen LogP contribution >= 0.6 is 15.5 Å². The summed E-state index contributed by atoms with van der Waals surface area (Å²) in [7, 11) is 0.288. The maximum Gasteiger partial charge on any atom is 0.460 e. The van der Waals surface area contributed by atoms with Crippen LogP contribution in [0.4, 0.5) is 0 Å². The maximum absolute atomic E-state index is 13.4. The number of hydrogen-bond donors (Lipinski definition) is 3. The van der Waals surface area contributed by atoms with Crippen molar-refractivity contribution in [2.24, 2.45) is 11.8 Å². The Labute approximate surface area is 337 Å². The fraction of sp³-hybridized carbons (Fsp3) is 0.442. The number of benzene rings is 4. The first-order valence-electron chi connectivity index (χ1n) is 19.4. The van der Waals surface area contributed by atoms with Crippen LogP contribution in [0.2, 0.25) is 0 Å². The standard InChI is InChI=1S/C22H30NO5P.C21H28NO5P/c1-23(29(25,27-3)28-20-12-5-4-6-13-20)17-19-10-7-8-15-22(19,24)18-11-9-14-21(16-18)26-2;1-22(28(24,25)27-19-11-4-3-5-12-19)16-18-9-6-7-14-21(18,23)17-10-8-13-20(15-17)26-2/h4-6,9,11-14,16,19,24H,7-8,10,15,17H2,1-3H3;3-5,8,10-13,15,18,23H,6-7,9,14,16H2,1-2H3,(H,24,25). The number of rotatable bonds is 15. The quantitative estimate of drug-likeness (QED) is 0.0983. The fourth-order valence-electron chi connectivity index (χ4n) is 7.88. The Kier molecular flexibility index (Phi) is 15.5. The van der Waals surface area contributed by atoms with Crippen molar-refractivity contribution < 1.29 is 47.3 Å². The lowest BCUT2D eigenvalue weighted by Crippen LogP contribution is -2.43. The molecule has 0 radical (unpaired) electrons. The van der Waals surface area contributed by atoms with E-state index in [1.54, 1.807) is 69.4 Å². The van der Waals surface area contributed by atoms with Gasteiger partial charge in [-0.25, -0.2) is 18.5 Å². The van der Waals surface area contributed by atoms with Crippen LogP contribution in [0.15, 0.2) is 109 Å². The van der Waals surface area contributed by atoms with E-state index in [1.807, 2.05) is 72.8 Å². The summed E-state index contributed by atoms with van der Waals surface area (Å²) in [6, 6.07) is 32.6. The average Bonchev–Trinajstić information content (AvgIpc) is 3.23. The van der Waals surface area contributed by atoms with Crippen LogP contribution < -0.4 is 18.5 Å². The van der Waals surface area contributed by atoms with Crippen molar-refractivity contribution in [2.75, 3.05) is 48.5 Å². The second-order valence-corrected chi connectivity index (χ2v) is 18.8. The van der Waals surface area contributed by atoms with Crippen molar-refractivity contribution in [3.05, 3.63) is 120 Å². The van der Waals surface area contributed by atoms with Gasteiger partial charge in [0.15, 0.2) is 0 Å². The van der Waals surface area contributed by atoms with Crippen LogP contribution in [0.3, 0.4) is 0 Å². The Morgan fingerprint density at radius 3 is 1.46 bits per heavy atom. The second-order valence-electron chi connectivity index (χ2n) is 14.8. The van der Waals surface area contributed by atoms with Crippen molar-refractivity contribution in [1.82, 2.24) is 9.34 Å². The van der Waals surface area contributed by atoms with Crippen LogP contribution in [-0.2, 0) is 24.9 Å². The summed E-state index contributed by atoms with van der Waals surface area (Å²) in [5.74, 6) is 1.91. The van der Waals surface area contributed by atoms with Crippen LogP contribution in [0.25, 0.3) is 0 Å². The van der Waals surface area contributed by atoms with Gasteiger partial charge in [-0.05, 0) is 99.4 Å². The van der Waals surface area contributed by atoms with Crippen molar-refractivity contribution in [3.63, 3.8) is 0 Å². The van der Waals surface area contributed by atoms with Crippen LogP contribution in [0, 0.1) is 11.8 Å². The zero-order valence-electron chi connectivity index (χ0n) is 33.6. The third-order valence-electron chi connectivity index (χ3n) is 11.2. The van der Waals surface area contributed by atoms with Gasteiger partial charge in [0.05, 0.1) is 25.4 Å². The first-order chi connectivity index (χ1) is 27.3. The van der Waals surface area contributed by atoms with E-state index in [0.29, 0.717) is 42.4 Å². The lowest BCUT2D eigenvalue weighted by molar-refractivity contribution is -0.0599. The van der Waals surface area contributed by atoms with Crippen molar-refractivity contribution in [3.8, 4) is 23.0 Å². The molecule has 0 bridgehead atoms. The normalized spacial score (nSPS) is 24.3. The molecule has 14 heteroatoms. The van der Waals surface area contributed by atoms with Gasteiger partial charge in [0, 0.05) is 32.0 Å². The van der Waals surface area contributed by atoms with Gasteiger partial charge >= 0.3 is 15.5 Å². The van der Waals surface area contributed by atoms with E-state index in [1.165, 1.54) is 11.8 Å². The van der Waals surface area contributed by atoms with Gasteiger partial charge in [-0.3, -0.25) is 4.52 Å². The first-order valence-corrected chi connectivity index (χ1v) is 22.4. The number of para-hydroxylation sites is 2. The molecule has 6 unspecified atom stereocenters. The Bertz CT molecular complexity index is 1960. The van der Waals surface area contributed by atoms with Gasteiger partial charge in [-0.2, -0.15) is 0 Å². The summed E-state index contributed by atoms with van der Waals surface area (Å²) in [4.78, 5) is 10.4. The van der Waals surface area contributed by atoms with E-state index in [9.17, 15) is 24.2 Å². The topological polar surface area (TPSA) is 147 Å². The van der Waals surface area contributed by atoms with Gasteiger partial charge in [0.1, 0.15) is 23.0 Å². The number of ether oxygens (including phenoxy) is 2. The smallest absolute Gasteiger partial charge is 0.460 e. The monoisotopic (exact) mass is 824 g/mol. The molecule has 310 valence electrons. The summed E-state index contributed by atoms with van der Waals surface area (Å²) >= 11 is 0. The van der Waals surface area contributed by atoms with E-state index in [4.69, 9.17) is 23.0 Å². The zero-order valence-corrected chi connectivity index (χ0v) is 35.4. The molecule has 0 heterocycles. The van der Waals surface area contributed by atoms with Gasteiger partial charge in [0.2, 0.25) is 0 Å². The minimum Gasteiger partial charge on any atom is -0.497 e. The van der Waals surface area contributed by atoms with Gasteiger partial charge in [0.25, 0.3) is 0 Å². The molecular weight excluding hydrogens is 766 g/mol. The van der Waals surface area contributed by atoms with E-state index in [2.05, 4.69) is 0 Å². The van der Waals surface area contributed by atoms with Gasteiger partial charge in [-0.1, -0.05) is 86.3 Å². The molecule has 57 heavy (non-hydrogen) atoms. The summed E-state index contributed by atoms with van der Waals surface area (Å²) in [6.07, 6.45) is 6.68. The molecule has 0 amide bonds. The largest absolute Gasteiger partial charge is 0.497 e. The molecule has 0 aromatic heterocycles. The number of methoxy groups -OCH3 is 2. The summed E-state index contributed by atoms with van der Waals surface area (Å²) < 4.78 is 56.1. The number of nitrogens with zero attached hydrogens (tertiary/aromatic N) is 2. The molecule has 0 aliphatic heterocycles. The third kappa shape index (κ3) is 11.1. The molecule has 6 rings (SSSR count). The third-order valence-corrected chi connectivity index (χ3v) is 14.6. The lowest BCUT2D eigenvalue weighted by Gasteiger charge is -2.42. The van der Waals surface area contributed by atoms with Crippen LogP contribution in [-0.4, -0.2) is 73.0 Å². The van der Waals surface area contributed by atoms with E-state index >= 15 is 0 Å². The molecule has 2 fully saturated rings. The molecule has 2 aliphatic rings. The summed E-state index contributed by atoms with van der Waals surface area (Å²) in [6.45, 7) is 0.625. The first kappa shape index (κ1) is 44.4. The predicted octanol–water partition coefficient (Wildman–Crippen LogP) is 9.02. The zero-order chi connectivity index (χ0) is 41.1. The molecular formula is C43H58N2O10P2. The molecule has 3 N–H and O–H groups in total. The van der Waals surface area contributed by atoms with E-state index in [0.717, 1.165) is 49.7 Å². The Morgan fingerprint density at radius 2 is 1.02 bits per heavy atom. The van der Waals surface area contributed by atoms with Crippen LogP contribution in [0.5, 0.6) is 23.0 Å². The molecule has 2 aliphatic carbocycles. The predicted molar refractivity (Wildman–Crippen MR) is 222 cm³/mol. The Balaban J connectivity index is 0.000000218. The summed E-state index contributed by atoms with van der Waals surface area (Å²) in [5.41, 5.74) is -0.493. The molecule has 12 nitrogen and oxygen atoms in total. The summed E-state index contributed by atoms with van der Waals surface area (Å²) in [5, 5.41) is 23.2. The highest BCUT2D eigenvalue weighted by molar-refractivity contribution is 7.51. The van der Waals surface area contributed by atoms with Crippen LogP contribution in [0.1, 0.15) is 62.5 Å². The van der Waals surface area contributed by atoms with Crippen molar-refractivity contribution in [1.29, 1.82) is 0 Å². The molecule has 6 atom stereocenters. The maximum atomic E-state index is 13.4. The highest BCUT2D eigenvalue weighted by Gasteiger charge is 2.45. The van der Waals surface area contributed by atoms with E-state index in [-0.39, 0.29) is 18.4 Å². The lowest BCUT2D eigenvalue weighted by atomic mass is 9.71. The highest BCUT2D eigenvalue weighted by atomic mass is 31.2. The van der Waals surface area contributed by atoms with Crippen molar-refractivity contribution >= 4 is 15.5 Å².